The van der Waals surface area contributed by atoms with E-state index >= 15 is 0 Å². The molecule has 1 fully saturated rings. The van der Waals surface area contributed by atoms with E-state index in [1.807, 2.05) is 0 Å². The second-order valence-electron chi connectivity index (χ2n) is 5.99. The lowest BCUT2D eigenvalue weighted by Crippen LogP contribution is -2.38. The number of halogens is 1. The first-order valence-corrected chi connectivity index (χ1v) is 8.28. The van der Waals surface area contributed by atoms with Crippen LogP contribution < -0.4 is 10.6 Å². The van der Waals surface area contributed by atoms with Gasteiger partial charge in [-0.05, 0) is 75.3 Å². The van der Waals surface area contributed by atoms with Gasteiger partial charge in [0, 0.05) is 22.2 Å². The fourth-order valence-corrected chi connectivity index (χ4v) is 4.07. The molecule has 0 amide bonds. The van der Waals surface area contributed by atoms with Gasteiger partial charge in [0.2, 0.25) is 0 Å². The van der Waals surface area contributed by atoms with Gasteiger partial charge in [-0.15, -0.1) is 0 Å². The van der Waals surface area contributed by atoms with Crippen LogP contribution in [-0.4, -0.2) is 19.1 Å². The number of rotatable bonds is 2. The maximum Gasteiger partial charge on any atom is 0.0375 e. The summed E-state index contributed by atoms with van der Waals surface area (Å²) in [5, 5.41) is 7.21. The largest absolute Gasteiger partial charge is 0.382 e. The fraction of sp³-hybridized carbons (Fsp3) is 0.625. The van der Waals surface area contributed by atoms with Crippen molar-refractivity contribution in [2.75, 3.05) is 12.4 Å². The summed E-state index contributed by atoms with van der Waals surface area (Å²) in [6.45, 7) is 0. The third kappa shape index (κ3) is 2.97. The molecule has 0 aromatic heterocycles. The number of benzene rings is 1. The maximum atomic E-state index is 3.79. The smallest absolute Gasteiger partial charge is 0.0375 e. The molecule has 1 aliphatic heterocycles. The Balaban J connectivity index is 1.64. The molecule has 1 atom stereocenters. The molecule has 1 aromatic carbocycles. The predicted molar refractivity (Wildman–Crippen MR) is 84.7 cm³/mol. The third-order valence-corrected chi connectivity index (χ3v) is 5.38. The number of fused-ring (bicyclic) bond motifs is 1. The first-order valence-electron chi connectivity index (χ1n) is 7.48. The van der Waals surface area contributed by atoms with E-state index in [1.54, 1.807) is 0 Å². The van der Waals surface area contributed by atoms with E-state index in [0.717, 1.165) is 12.0 Å². The molecule has 1 aliphatic carbocycles. The van der Waals surface area contributed by atoms with Crippen molar-refractivity contribution in [3.8, 4) is 0 Å². The topological polar surface area (TPSA) is 24.1 Å². The molecular formula is C16H23BrN2. The van der Waals surface area contributed by atoms with Crippen molar-refractivity contribution >= 4 is 21.6 Å². The highest BCUT2D eigenvalue weighted by Crippen LogP contribution is 2.35. The van der Waals surface area contributed by atoms with Gasteiger partial charge in [-0.3, -0.25) is 0 Å². The van der Waals surface area contributed by atoms with E-state index < -0.39 is 0 Å². The van der Waals surface area contributed by atoms with Crippen LogP contribution >= 0.6 is 15.9 Å². The van der Waals surface area contributed by atoms with E-state index in [-0.39, 0.29) is 0 Å². The lowest BCUT2D eigenvalue weighted by Gasteiger charge is -2.37. The molecule has 2 N–H and O–H groups in total. The molecule has 1 aromatic rings. The standard InChI is InChI=1S/C16H23BrN2/c1-18-14-6-2-11(3-7-14)15-8-4-12-10-13(17)5-9-16(12)19-15/h5,9-11,14-15,18-19H,2-4,6-8H2,1H3. The molecule has 1 saturated carbocycles. The molecule has 3 rings (SSSR count). The van der Waals surface area contributed by atoms with Crippen LogP contribution in [0.15, 0.2) is 22.7 Å². The van der Waals surface area contributed by atoms with Crippen LogP contribution in [0.2, 0.25) is 0 Å². The minimum absolute atomic E-state index is 0.687. The Labute approximate surface area is 124 Å². The highest BCUT2D eigenvalue weighted by Gasteiger charge is 2.29. The second kappa shape index (κ2) is 5.84. The molecule has 2 nitrogen and oxygen atoms in total. The molecule has 104 valence electrons. The zero-order chi connectivity index (χ0) is 13.2. The molecule has 1 unspecified atom stereocenters. The van der Waals surface area contributed by atoms with Crippen molar-refractivity contribution in [2.24, 2.45) is 5.92 Å². The average Bonchev–Trinajstić information content (AvgIpc) is 2.47. The lowest BCUT2D eigenvalue weighted by molar-refractivity contribution is 0.266. The van der Waals surface area contributed by atoms with Crippen LogP contribution in [0.1, 0.15) is 37.7 Å². The van der Waals surface area contributed by atoms with Gasteiger partial charge in [-0.1, -0.05) is 15.9 Å². The van der Waals surface area contributed by atoms with Gasteiger partial charge < -0.3 is 10.6 Å². The number of hydrogen-bond acceptors (Lipinski definition) is 2. The van der Waals surface area contributed by atoms with Crippen LogP contribution in [0.3, 0.4) is 0 Å². The van der Waals surface area contributed by atoms with Gasteiger partial charge >= 0.3 is 0 Å². The third-order valence-electron chi connectivity index (χ3n) is 4.88. The van der Waals surface area contributed by atoms with Crippen molar-refractivity contribution in [3.05, 3.63) is 28.2 Å². The Hall–Kier alpha value is -0.540. The molecule has 3 heteroatoms. The summed E-state index contributed by atoms with van der Waals surface area (Å²) in [6, 6.07) is 8.07. The summed E-state index contributed by atoms with van der Waals surface area (Å²) in [4.78, 5) is 0. The van der Waals surface area contributed by atoms with Crippen molar-refractivity contribution < 1.29 is 0 Å². The Morgan fingerprint density at radius 3 is 2.68 bits per heavy atom. The number of nitrogens with one attached hydrogen (secondary N) is 2. The number of aryl methyl sites for hydroxylation is 1. The van der Waals surface area contributed by atoms with Crippen LogP contribution in [0.4, 0.5) is 5.69 Å². The van der Waals surface area contributed by atoms with Crippen LogP contribution in [0, 0.1) is 5.92 Å². The first-order chi connectivity index (χ1) is 9.26. The van der Waals surface area contributed by atoms with Crippen molar-refractivity contribution in [1.29, 1.82) is 0 Å². The summed E-state index contributed by atoms with van der Waals surface area (Å²) in [5.41, 5.74) is 2.82. The Kier molecular flexibility index (Phi) is 4.13. The van der Waals surface area contributed by atoms with Crippen LogP contribution in [0.5, 0.6) is 0 Å². The Morgan fingerprint density at radius 1 is 1.16 bits per heavy atom. The molecule has 2 aliphatic rings. The normalized spacial score (nSPS) is 30.5. The molecule has 0 saturated heterocycles. The lowest BCUT2D eigenvalue weighted by atomic mass is 9.78. The van der Waals surface area contributed by atoms with E-state index in [1.165, 1.54) is 54.2 Å². The monoisotopic (exact) mass is 322 g/mol. The van der Waals surface area contributed by atoms with Crippen LogP contribution in [0.25, 0.3) is 0 Å². The van der Waals surface area contributed by atoms with Gasteiger partial charge in [0.15, 0.2) is 0 Å². The maximum absolute atomic E-state index is 3.79. The van der Waals surface area contributed by atoms with Gasteiger partial charge in [-0.2, -0.15) is 0 Å². The summed E-state index contributed by atoms with van der Waals surface area (Å²) in [6.07, 6.45) is 7.93. The minimum Gasteiger partial charge on any atom is -0.382 e. The van der Waals surface area contributed by atoms with E-state index in [9.17, 15) is 0 Å². The molecule has 0 spiro atoms. The minimum atomic E-state index is 0.687. The molecule has 0 radical (unpaired) electrons. The molecule has 0 bridgehead atoms. The van der Waals surface area contributed by atoms with Crippen molar-refractivity contribution in [3.63, 3.8) is 0 Å². The SMILES string of the molecule is CNC1CCC(C2CCc3cc(Br)ccc3N2)CC1. The summed E-state index contributed by atoms with van der Waals surface area (Å²) >= 11 is 3.56. The van der Waals surface area contributed by atoms with Gasteiger partial charge in [0.25, 0.3) is 0 Å². The van der Waals surface area contributed by atoms with Crippen molar-refractivity contribution in [2.45, 2.75) is 50.6 Å². The van der Waals surface area contributed by atoms with Gasteiger partial charge in [0.1, 0.15) is 0 Å². The van der Waals surface area contributed by atoms with E-state index in [0.29, 0.717) is 6.04 Å². The number of anilines is 1. The van der Waals surface area contributed by atoms with Crippen LogP contribution in [-0.2, 0) is 6.42 Å². The summed E-state index contributed by atoms with van der Waals surface area (Å²) in [7, 11) is 2.10. The quantitative estimate of drug-likeness (QED) is 0.861. The van der Waals surface area contributed by atoms with E-state index in [4.69, 9.17) is 0 Å². The van der Waals surface area contributed by atoms with Gasteiger partial charge in [0.05, 0.1) is 0 Å². The zero-order valence-electron chi connectivity index (χ0n) is 11.6. The Bertz CT molecular complexity index is 438. The molecule has 1 heterocycles. The fourth-order valence-electron chi connectivity index (χ4n) is 3.66. The zero-order valence-corrected chi connectivity index (χ0v) is 13.2. The average molecular weight is 323 g/mol. The van der Waals surface area contributed by atoms with E-state index in [2.05, 4.69) is 51.8 Å². The summed E-state index contributed by atoms with van der Waals surface area (Å²) < 4.78 is 1.20. The number of hydrogen-bond donors (Lipinski definition) is 2. The van der Waals surface area contributed by atoms with Gasteiger partial charge in [-0.25, -0.2) is 0 Å². The summed E-state index contributed by atoms with van der Waals surface area (Å²) in [5.74, 6) is 0.862. The first kappa shape index (κ1) is 13.4. The second-order valence-corrected chi connectivity index (χ2v) is 6.91. The highest BCUT2D eigenvalue weighted by molar-refractivity contribution is 9.10. The molecule has 19 heavy (non-hydrogen) atoms. The highest BCUT2D eigenvalue weighted by atomic mass is 79.9. The predicted octanol–water partition coefficient (Wildman–Crippen LogP) is 3.95. The molecular weight excluding hydrogens is 300 g/mol. The Morgan fingerprint density at radius 2 is 1.95 bits per heavy atom. The van der Waals surface area contributed by atoms with Crippen molar-refractivity contribution in [1.82, 2.24) is 5.32 Å².